The van der Waals surface area contributed by atoms with Crippen LogP contribution in [0.15, 0.2) is 206 Å². The molecule has 3 heteroatoms. The van der Waals surface area contributed by atoms with E-state index in [-0.39, 0.29) is 0 Å². The molecule has 0 aliphatic carbocycles. The molecular weight excluding hydrogens is 685 g/mol. The van der Waals surface area contributed by atoms with Crippen LogP contribution in [-0.4, -0.2) is 4.57 Å². The van der Waals surface area contributed by atoms with Gasteiger partial charge in [-0.1, -0.05) is 140 Å². The van der Waals surface area contributed by atoms with Crippen LogP contribution in [0.2, 0.25) is 0 Å². The maximum Gasteiger partial charge on any atom is 0.0547 e. The first-order chi connectivity index (χ1) is 27.3. The van der Waals surface area contributed by atoms with Crippen molar-refractivity contribution in [3.05, 3.63) is 206 Å². The average molecular weight is 719 g/mol. The molecule has 258 valence electrons. The monoisotopic (exact) mass is 718 g/mol. The summed E-state index contributed by atoms with van der Waals surface area (Å²) < 4.78 is 5.00. The molecule has 0 atom stereocenters. The fourth-order valence-corrected chi connectivity index (χ4v) is 9.60. The van der Waals surface area contributed by atoms with E-state index in [9.17, 15) is 0 Å². The number of fused-ring (bicyclic) bond motifs is 8. The normalized spacial score (nSPS) is 11.6. The summed E-state index contributed by atoms with van der Waals surface area (Å²) in [4.78, 5) is 2.43. The van der Waals surface area contributed by atoms with E-state index in [4.69, 9.17) is 0 Å². The minimum Gasteiger partial charge on any atom is -0.310 e. The lowest BCUT2D eigenvalue weighted by molar-refractivity contribution is 1.18. The van der Waals surface area contributed by atoms with Crippen LogP contribution in [0.4, 0.5) is 17.1 Å². The number of hydrogen-bond donors (Lipinski definition) is 0. The summed E-state index contributed by atoms with van der Waals surface area (Å²) in [6.45, 7) is 0. The number of aromatic nitrogens is 1. The van der Waals surface area contributed by atoms with Gasteiger partial charge in [0, 0.05) is 53.6 Å². The largest absolute Gasteiger partial charge is 0.310 e. The van der Waals surface area contributed by atoms with E-state index in [0.717, 1.165) is 22.7 Å². The van der Waals surface area contributed by atoms with Gasteiger partial charge in [0.1, 0.15) is 0 Å². The van der Waals surface area contributed by atoms with Crippen molar-refractivity contribution in [3.8, 4) is 27.9 Å². The zero-order chi connectivity index (χ0) is 36.3. The van der Waals surface area contributed by atoms with Crippen LogP contribution in [-0.2, 0) is 0 Å². The number of thiophene rings is 1. The predicted octanol–water partition coefficient (Wildman–Crippen LogP) is 15.1. The molecule has 0 fully saturated rings. The van der Waals surface area contributed by atoms with Crippen LogP contribution in [0.1, 0.15) is 0 Å². The first-order valence-corrected chi connectivity index (χ1v) is 19.6. The summed E-state index contributed by atoms with van der Waals surface area (Å²) in [5.41, 5.74) is 11.7. The average Bonchev–Trinajstić information content (AvgIpc) is 3.80. The molecule has 55 heavy (non-hydrogen) atoms. The van der Waals surface area contributed by atoms with Gasteiger partial charge < -0.3 is 9.47 Å². The van der Waals surface area contributed by atoms with E-state index in [0.29, 0.717) is 0 Å². The molecule has 0 saturated heterocycles. The van der Waals surface area contributed by atoms with E-state index in [1.54, 1.807) is 0 Å². The van der Waals surface area contributed by atoms with Gasteiger partial charge in [0.15, 0.2) is 0 Å². The zero-order valence-electron chi connectivity index (χ0n) is 29.9. The van der Waals surface area contributed by atoms with Crippen LogP contribution >= 0.6 is 11.3 Å². The van der Waals surface area contributed by atoms with Crippen LogP contribution < -0.4 is 4.90 Å². The summed E-state index contributed by atoms with van der Waals surface area (Å²) in [6, 6.07) is 75.2. The minimum atomic E-state index is 1.11. The number of anilines is 3. The first kappa shape index (κ1) is 31.6. The van der Waals surface area contributed by atoms with Crippen molar-refractivity contribution in [3.63, 3.8) is 0 Å². The molecule has 0 aliphatic rings. The third-order valence-electron chi connectivity index (χ3n) is 11.0. The Bertz CT molecular complexity index is 3210. The zero-order valence-corrected chi connectivity index (χ0v) is 30.7. The summed E-state index contributed by atoms with van der Waals surface area (Å²) >= 11 is 1.86. The minimum absolute atomic E-state index is 1.11. The Morgan fingerprint density at radius 3 is 1.95 bits per heavy atom. The highest BCUT2D eigenvalue weighted by Crippen LogP contribution is 2.45. The predicted molar refractivity (Wildman–Crippen MR) is 237 cm³/mol. The smallest absolute Gasteiger partial charge is 0.0547 e. The summed E-state index contributed by atoms with van der Waals surface area (Å²) in [7, 11) is 0. The van der Waals surface area contributed by atoms with Crippen LogP contribution in [0.5, 0.6) is 0 Å². The van der Waals surface area contributed by atoms with Gasteiger partial charge in [-0.25, -0.2) is 0 Å². The summed E-state index contributed by atoms with van der Waals surface area (Å²) in [5.74, 6) is 0. The topological polar surface area (TPSA) is 8.17 Å². The molecule has 2 aromatic heterocycles. The number of rotatable bonds is 6. The van der Waals surface area contributed by atoms with Crippen molar-refractivity contribution in [2.24, 2.45) is 0 Å². The van der Waals surface area contributed by atoms with Gasteiger partial charge in [-0.15, -0.1) is 11.3 Å². The molecule has 0 amide bonds. The third kappa shape index (κ3) is 5.24. The Balaban J connectivity index is 1.12. The molecule has 2 heterocycles. The number of benzene rings is 9. The maximum atomic E-state index is 2.43. The van der Waals surface area contributed by atoms with Gasteiger partial charge in [-0.3, -0.25) is 0 Å². The lowest BCUT2D eigenvalue weighted by Gasteiger charge is -2.28. The van der Waals surface area contributed by atoms with Gasteiger partial charge >= 0.3 is 0 Å². The molecule has 0 saturated carbocycles. The Labute approximate surface area is 323 Å². The number of hydrogen-bond acceptors (Lipinski definition) is 2. The molecule has 0 aliphatic heterocycles. The maximum absolute atomic E-state index is 2.43. The second kappa shape index (κ2) is 12.9. The van der Waals surface area contributed by atoms with Gasteiger partial charge in [0.25, 0.3) is 0 Å². The van der Waals surface area contributed by atoms with E-state index < -0.39 is 0 Å². The Hall–Kier alpha value is -6.94. The van der Waals surface area contributed by atoms with Crippen molar-refractivity contribution in [1.82, 2.24) is 4.57 Å². The molecular formula is C52H34N2S. The quantitative estimate of drug-likeness (QED) is 0.166. The standard InChI is InChI=1S/C52H34N2S/c1-3-14-35(15-4-1)42-21-9-11-24-47(42)53(41-28-29-45-44-23-10-12-25-50(44)55-51(45)34-41)40-20-13-17-37(32-40)38-27-30-48-46(33-38)52-43-22-8-7-16-36(43)26-31-49(52)54(48)39-18-5-2-6-19-39/h1-34H. The first-order valence-electron chi connectivity index (χ1n) is 18.8. The van der Waals surface area contributed by atoms with E-state index in [2.05, 4.69) is 216 Å². The molecule has 9 aromatic carbocycles. The highest BCUT2D eigenvalue weighted by atomic mass is 32.1. The van der Waals surface area contributed by atoms with Gasteiger partial charge in [-0.05, 0) is 94.2 Å². The molecule has 0 radical (unpaired) electrons. The molecule has 11 rings (SSSR count). The van der Waals surface area contributed by atoms with Crippen molar-refractivity contribution in [2.75, 3.05) is 4.90 Å². The second-order valence-corrected chi connectivity index (χ2v) is 15.2. The van der Waals surface area contributed by atoms with E-state index in [1.807, 2.05) is 11.3 Å². The van der Waals surface area contributed by atoms with Crippen LogP contribution in [0.3, 0.4) is 0 Å². The van der Waals surface area contributed by atoms with E-state index in [1.165, 1.54) is 75.0 Å². The van der Waals surface area contributed by atoms with Crippen LogP contribution in [0, 0.1) is 0 Å². The number of para-hydroxylation sites is 2. The van der Waals surface area contributed by atoms with E-state index >= 15 is 0 Å². The van der Waals surface area contributed by atoms with Crippen LogP contribution in [0.25, 0.3) is 80.7 Å². The van der Waals surface area contributed by atoms with Gasteiger partial charge in [0.2, 0.25) is 0 Å². The van der Waals surface area contributed by atoms with Crippen molar-refractivity contribution < 1.29 is 0 Å². The van der Waals surface area contributed by atoms with Crippen molar-refractivity contribution in [2.45, 2.75) is 0 Å². The van der Waals surface area contributed by atoms with Crippen molar-refractivity contribution in [1.29, 1.82) is 0 Å². The highest BCUT2D eigenvalue weighted by molar-refractivity contribution is 7.25. The summed E-state index contributed by atoms with van der Waals surface area (Å²) in [5, 5.41) is 7.66. The molecule has 0 unspecified atom stereocenters. The molecule has 0 spiro atoms. The number of nitrogens with zero attached hydrogens (tertiary/aromatic N) is 2. The second-order valence-electron chi connectivity index (χ2n) is 14.1. The Morgan fingerprint density at radius 1 is 0.382 bits per heavy atom. The molecule has 0 bridgehead atoms. The van der Waals surface area contributed by atoms with Gasteiger partial charge in [-0.2, -0.15) is 0 Å². The fraction of sp³-hybridized carbons (Fsp3) is 0. The highest BCUT2D eigenvalue weighted by Gasteiger charge is 2.20. The SMILES string of the molecule is c1ccc(-c2ccccc2N(c2cccc(-c3ccc4c(c3)c3c5ccccc5ccc3n4-c3ccccc3)c2)c2ccc3c(c2)sc2ccccc23)cc1. The summed E-state index contributed by atoms with van der Waals surface area (Å²) in [6.07, 6.45) is 0. The lowest BCUT2D eigenvalue weighted by atomic mass is 9.99. The van der Waals surface area contributed by atoms with Crippen molar-refractivity contribution >= 4 is 81.1 Å². The lowest BCUT2D eigenvalue weighted by Crippen LogP contribution is -2.11. The molecule has 11 aromatic rings. The fourth-order valence-electron chi connectivity index (χ4n) is 8.46. The molecule has 0 N–H and O–H groups in total. The Kier molecular flexibility index (Phi) is 7.39. The molecule has 2 nitrogen and oxygen atoms in total. The third-order valence-corrected chi connectivity index (χ3v) is 12.1. The van der Waals surface area contributed by atoms with Gasteiger partial charge in [0.05, 0.1) is 16.7 Å². The Morgan fingerprint density at radius 2 is 1.05 bits per heavy atom.